The molecule has 0 aromatic rings. The first-order chi connectivity index (χ1) is 4.20. The van der Waals surface area contributed by atoms with Gasteiger partial charge in [0, 0.05) is 6.42 Å². The minimum Gasteiger partial charge on any atom is -0.366 e. The second kappa shape index (κ2) is 2.33. The molecule has 0 radical (unpaired) electrons. The number of carbonyl (C=O) groups is 1. The third-order valence-corrected chi connectivity index (χ3v) is 1.39. The average Bonchev–Trinajstić information content (AvgIpc) is 2.14. The van der Waals surface area contributed by atoms with E-state index >= 15 is 0 Å². The zero-order chi connectivity index (χ0) is 6.85. The number of aliphatic hydroxyl groups is 2. The van der Waals surface area contributed by atoms with E-state index in [4.69, 9.17) is 10.2 Å². The molecule has 1 saturated heterocycles. The van der Waals surface area contributed by atoms with E-state index in [-0.39, 0.29) is 5.91 Å². The highest BCUT2D eigenvalue weighted by Crippen LogP contribution is 2.07. The second-order valence-corrected chi connectivity index (χ2v) is 2.13. The van der Waals surface area contributed by atoms with Gasteiger partial charge in [-0.3, -0.25) is 4.79 Å². The molecule has 1 amide bonds. The third-order valence-electron chi connectivity index (χ3n) is 1.39. The number of amides is 1. The molecule has 4 heteroatoms. The van der Waals surface area contributed by atoms with Crippen LogP contribution in [0.4, 0.5) is 0 Å². The Kier molecular flexibility index (Phi) is 1.68. The Labute approximate surface area is 52.5 Å². The van der Waals surface area contributed by atoms with Gasteiger partial charge in [-0.15, -0.1) is 0 Å². The minimum absolute atomic E-state index is 0.104. The van der Waals surface area contributed by atoms with Gasteiger partial charge in [-0.25, -0.2) is 0 Å². The first kappa shape index (κ1) is 6.51. The summed E-state index contributed by atoms with van der Waals surface area (Å²) in [5.74, 6) is -0.104. The summed E-state index contributed by atoms with van der Waals surface area (Å²) in [6.45, 7) is 0. The summed E-state index contributed by atoms with van der Waals surface area (Å²) < 4.78 is 0. The molecule has 0 spiro atoms. The molecule has 1 rings (SSSR count). The summed E-state index contributed by atoms with van der Waals surface area (Å²) in [4.78, 5) is 10.4. The smallest absolute Gasteiger partial charge is 0.220 e. The van der Waals surface area contributed by atoms with Crippen LogP contribution in [0.1, 0.15) is 12.8 Å². The number of hydrogen-bond acceptors (Lipinski definition) is 3. The van der Waals surface area contributed by atoms with Crippen LogP contribution in [0.25, 0.3) is 0 Å². The van der Waals surface area contributed by atoms with Crippen molar-refractivity contribution in [1.29, 1.82) is 0 Å². The van der Waals surface area contributed by atoms with Gasteiger partial charge in [-0.1, -0.05) is 0 Å². The summed E-state index contributed by atoms with van der Waals surface area (Å²) in [6, 6.07) is -0.447. The van der Waals surface area contributed by atoms with Gasteiger partial charge in [0.1, 0.15) is 0 Å². The van der Waals surface area contributed by atoms with Gasteiger partial charge >= 0.3 is 0 Å². The minimum atomic E-state index is -1.41. The molecule has 9 heavy (non-hydrogen) atoms. The summed E-state index contributed by atoms with van der Waals surface area (Å²) in [7, 11) is 0. The number of rotatable bonds is 1. The van der Waals surface area contributed by atoms with Crippen LogP contribution in [0.5, 0.6) is 0 Å². The molecule has 0 bridgehead atoms. The molecule has 1 heterocycles. The fourth-order valence-corrected chi connectivity index (χ4v) is 0.861. The van der Waals surface area contributed by atoms with Crippen molar-refractivity contribution in [2.75, 3.05) is 0 Å². The standard InChI is InChI=1S/C5H9NO3/c7-4-2-1-3(6-4)5(8)9/h3,5,8-9H,1-2H2,(H,6,7). The molecule has 1 unspecified atom stereocenters. The molecule has 1 fully saturated rings. The second-order valence-electron chi connectivity index (χ2n) is 2.13. The fourth-order valence-electron chi connectivity index (χ4n) is 0.861. The van der Waals surface area contributed by atoms with Crippen LogP contribution in [-0.2, 0) is 4.79 Å². The molecule has 0 aromatic carbocycles. The van der Waals surface area contributed by atoms with Crippen molar-refractivity contribution >= 4 is 5.91 Å². The Bertz CT molecular complexity index is 123. The van der Waals surface area contributed by atoms with Gasteiger partial charge in [0.05, 0.1) is 6.04 Å². The van der Waals surface area contributed by atoms with Crippen LogP contribution in [-0.4, -0.2) is 28.5 Å². The van der Waals surface area contributed by atoms with Gasteiger partial charge in [-0.2, -0.15) is 0 Å². The summed E-state index contributed by atoms with van der Waals surface area (Å²) in [6.07, 6.45) is -0.477. The van der Waals surface area contributed by atoms with Crippen LogP contribution in [0.3, 0.4) is 0 Å². The topological polar surface area (TPSA) is 69.6 Å². The lowest BCUT2D eigenvalue weighted by Crippen LogP contribution is -2.36. The largest absolute Gasteiger partial charge is 0.366 e. The molecule has 4 nitrogen and oxygen atoms in total. The molecular formula is C5H9NO3. The van der Waals surface area contributed by atoms with Crippen LogP contribution in [0, 0.1) is 0 Å². The number of hydrogen-bond donors (Lipinski definition) is 3. The van der Waals surface area contributed by atoms with E-state index in [9.17, 15) is 4.79 Å². The Morgan fingerprint density at radius 1 is 1.67 bits per heavy atom. The van der Waals surface area contributed by atoms with Crippen molar-refractivity contribution in [3.63, 3.8) is 0 Å². The molecule has 1 aliphatic rings. The molecule has 3 N–H and O–H groups in total. The summed E-state index contributed by atoms with van der Waals surface area (Å²) >= 11 is 0. The highest BCUT2D eigenvalue weighted by Gasteiger charge is 2.25. The Hall–Kier alpha value is -0.610. The molecule has 1 aliphatic heterocycles. The molecular weight excluding hydrogens is 122 g/mol. The molecule has 1 atom stereocenters. The first-order valence-electron chi connectivity index (χ1n) is 2.85. The fraction of sp³-hybridized carbons (Fsp3) is 0.800. The van der Waals surface area contributed by atoms with E-state index in [2.05, 4.69) is 5.32 Å². The lowest BCUT2D eigenvalue weighted by Gasteiger charge is -2.10. The normalized spacial score (nSPS) is 27.0. The summed E-state index contributed by atoms with van der Waals surface area (Å²) in [5, 5.41) is 19.4. The quantitative estimate of drug-likeness (QED) is 0.382. The Morgan fingerprint density at radius 2 is 2.33 bits per heavy atom. The lowest BCUT2D eigenvalue weighted by molar-refractivity contribution is -0.121. The molecule has 0 aliphatic carbocycles. The monoisotopic (exact) mass is 131 g/mol. The zero-order valence-corrected chi connectivity index (χ0v) is 4.87. The number of nitrogens with one attached hydrogen (secondary N) is 1. The van der Waals surface area contributed by atoms with Crippen molar-refractivity contribution < 1.29 is 15.0 Å². The summed E-state index contributed by atoms with van der Waals surface area (Å²) in [5.41, 5.74) is 0. The predicted octanol–water partition coefficient (Wildman–Crippen LogP) is -1.42. The highest BCUT2D eigenvalue weighted by atomic mass is 16.5. The lowest BCUT2D eigenvalue weighted by atomic mass is 10.2. The molecule has 0 saturated carbocycles. The zero-order valence-electron chi connectivity index (χ0n) is 4.87. The van der Waals surface area contributed by atoms with Crippen LogP contribution >= 0.6 is 0 Å². The van der Waals surface area contributed by atoms with E-state index < -0.39 is 12.3 Å². The Balaban J connectivity index is 2.39. The van der Waals surface area contributed by atoms with Crippen LogP contribution in [0.2, 0.25) is 0 Å². The van der Waals surface area contributed by atoms with E-state index in [1.807, 2.05) is 0 Å². The van der Waals surface area contributed by atoms with Gasteiger partial charge < -0.3 is 15.5 Å². The van der Waals surface area contributed by atoms with Crippen LogP contribution < -0.4 is 5.32 Å². The van der Waals surface area contributed by atoms with Gasteiger partial charge in [-0.05, 0) is 6.42 Å². The van der Waals surface area contributed by atoms with Gasteiger partial charge in [0.2, 0.25) is 5.91 Å². The van der Waals surface area contributed by atoms with Crippen LogP contribution in [0.15, 0.2) is 0 Å². The van der Waals surface area contributed by atoms with E-state index in [1.54, 1.807) is 0 Å². The first-order valence-corrected chi connectivity index (χ1v) is 2.85. The number of aliphatic hydroxyl groups excluding tert-OH is 1. The highest BCUT2D eigenvalue weighted by molar-refractivity contribution is 5.78. The average molecular weight is 131 g/mol. The Morgan fingerprint density at radius 3 is 2.56 bits per heavy atom. The van der Waals surface area contributed by atoms with Crippen molar-refractivity contribution in [2.24, 2.45) is 0 Å². The molecule has 0 aromatic heterocycles. The van der Waals surface area contributed by atoms with Crippen molar-refractivity contribution in [3.05, 3.63) is 0 Å². The van der Waals surface area contributed by atoms with E-state index in [1.165, 1.54) is 0 Å². The maximum Gasteiger partial charge on any atom is 0.220 e. The molecule has 52 valence electrons. The van der Waals surface area contributed by atoms with Gasteiger partial charge in [0.15, 0.2) is 6.29 Å². The van der Waals surface area contributed by atoms with E-state index in [0.717, 1.165) is 0 Å². The van der Waals surface area contributed by atoms with Gasteiger partial charge in [0.25, 0.3) is 0 Å². The van der Waals surface area contributed by atoms with E-state index in [0.29, 0.717) is 12.8 Å². The number of carbonyl (C=O) groups excluding carboxylic acids is 1. The maximum absolute atomic E-state index is 10.4. The van der Waals surface area contributed by atoms with Crippen molar-refractivity contribution in [3.8, 4) is 0 Å². The maximum atomic E-state index is 10.4. The van der Waals surface area contributed by atoms with Crippen molar-refractivity contribution in [2.45, 2.75) is 25.2 Å². The van der Waals surface area contributed by atoms with Crippen molar-refractivity contribution in [1.82, 2.24) is 5.32 Å². The third kappa shape index (κ3) is 1.40. The SMILES string of the molecule is O=C1CCC(C(O)O)N1. The predicted molar refractivity (Wildman–Crippen MR) is 29.4 cm³/mol.